The van der Waals surface area contributed by atoms with Crippen LogP contribution in [0.2, 0.25) is 5.02 Å². The van der Waals surface area contributed by atoms with Crippen molar-refractivity contribution in [1.82, 2.24) is 19.7 Å². The number of fused-ring (bicyclic) bond motifs is 1. The third kappa shape index (κ3) is 7.91. The molecule has 0 bridgehead atoms. The summed E-state index contributed by atoms with van der Waals surface area (Å²) in [4.78, 5) is 20.3. The van der Waals surface area contributed by atoms with Crippen molar-refractivity contribution in [1.29, 1.82) is 0 Å². The summed E-state index contributed by atoms with van der Waals surface area (Å²) in [6, 6.07) is 7.44. The number of amides is 1. The Morgan fingerprint density at radius 2 is 1.93 bits per heavy atom. The third-order valence-corrected chi connectivity index (χ3v) is 7.05. The number of benzene rings is 2. The number of nitrogens with zero attached hydrogens (tertiary/aromatic N) is 4. The van der Waals surface area contributed by atoms with Gasteiger partial charge in [-0.1, -0.05) is 11.6 Å². The fourth-order valence-electron chi connectivity index (χ4n) is 4.09. The Balaban J connectivity index is 1.42. The van der Waals surface area contributed by atoms with Gasteiger partial charge in [0.2, 0.25) is 5.82 Å². The molecule has 2 aromatic heterocycles. The average Bonchev–Trinajstić information content (AvgIpc) is 3.38. The van der Waals surface area contributed by atoms with Crippen LogP contribution in [0.3, 0.4) is 0 Å². The molecule has 16 heteroatoms. The number of nitrogens with one attached hydrogen (secondary N) is 2. The minimum absolute atomic E-state index is 0.0132. The minimum atomic E-state index is -2.41. The van der Waals surface area contributed by atoms with Gasteiger partial charge in [0.05, 0.1) is 49.5 Å². The zero-order valence-electron chi connectivity index (χ0n) is 24.3. The monoisotopic (exact) mass is 652 g/mol. The van der Waals surface area contributed by atoms with Crippen LogP contribution in [0, 0.1) is 11.6 Å². The zero-order chi connectivity index (χ0) is 32.0. The number of carbonyl (C=O) groups is 1. The lowest BCUT2D eigenvalue weighted by molar-refractivity contribution is 0.0501. The quantitative estimate of drug-likeness (QED) is 0.132. The number of anilines is 3. The van der Waals surface area contributed by atoms with Crippen molar-refractivity contribution in [2.45, 2.75) is 26.4 Å². The van der Waals surface area contributed by atoms with E-state index < -0.39 is 34.6 Å². The van der Waals surface area contributed by atoms with Crippen molar-refractivity contribution in [2.75, 3.05) is 43.0 Å². The van der Waals surface area contributed by atoms with Crippen LogP contribution in [0.4, 0.5) is 30.8 Å². The number of alkyl carbamates (subject to hydrolysis) is 1. The van der Waals surface area contributed by atoms with Crippen LogP contribution in [0.1, 0.15) is 20.8 Å². The summed E-state index contributed by atoms with van der Waals surface area (Å²) in [7, 11) is 1.25. The van der Waals surface area contributed by atoms with Crippen LogP contribution >= 0.6 is 11.6 Å². The van der Waals surface area contributed by atoms with Gasteiger partial charge in [-0.3, -0.25) is 13.3 Å². The number of imidazole rings is 1. The van der Waals surface area contributed by atoms with Gasteiger partial charge in [0.1, 0.15) is 5.60 Å². The highest BCUT2D eigenvalue weighted by atomic mass is 35.5. The Hall–Kier alpha value is -4.05. The van der Waals surface area contributed by atoms with E-state index >= 15 is 0 Å². The van der Waals surface area contributed by atoms with Crippen LogP contribution < -0.4 is 19.7 Å². The van der Waals surface area contributed by atoms with Gasteiger partial charge in [-0.05, 0) is 51.1 Å². The van der Waals surface area contributed by atoms with Gasteiger partial charge in [-0.15, -0.1) is 0 Å². The molecule has 0 radical (unpaired) electrons. The number of methoxy groups -OCH3 is 1. The minimum Gasteiger partial charge on any atom is -0.494 e. The van der Waals surface area contributed by atoms with Crippen LogP contribution in [0.15, 0.2) is 48.9 Å². The lowest BCUT2D eigenvalue weighted by Gasteiger charge is -2.22. The molecule has 2 aromatic carbocycles. The number of rotatable bonds is 12. The third-order valence-electron chi connectivity index (χ3n) is 5.99. The summed E-state index contributed by atoms with van der Waals surface area (Å²) < 4.78 is 69.3. The Bertz CT molecular complexity index is 1670. The van der Waals surface area contributed by atoms with Gasteiger partial charge >= 0.3 is 6.09 Å². The number of halogens is 3. The Morgan fingerprint density at radius 1 is 1.16 bits per heavy atom. The summed E-state index contributed by atoms with van der Waals surface area (Å²) in [6.45, 7) is 5.73. The van der Waals surface area contributed by atoms with Crippen molar-refractivity contribution in [2.24, 2.45) is 0 Å². The molecule has 44 heavy (non-hydrogen) atoms. The molecule has 0 spiro atoms. The molecule has 12 nitrogen and oxygen atoms in total. The van der Waals surface area contributed by atoms with Gasteiger partial charge in [-0.2, -0.15) is 4.39 Å². The van der Waals surface area contributed by atoms with E-state index in [1.54, 1.807) is 43.5 Å². The summed E-state index contributed by atoms with van der Waals surface area (Å²) in [6.07, 6.45) is 3.85. The van der Waals surface area contributed by atoms with E-state index in [-0.39, 0.29) is 48.3 Å². The number of hydrogen-bond acceptors (Lipinski definition) is 8. The van der Waals surface area contributed by atoms with Crippen molar-refractivity contribution in [3.8, 4) is 17.0 Å². The van der Waals surface area contributed by atoms with Crippen molar-refractivity contribution in [3.05, 3.63) is 65.6 Å². The fraction of sp³-hybridized carbons (Fsp3) is 0.321. The Morgan fingerprint density at radius 3 is 2.61 bits per heavy atom. The number of aromatic nitrogens is 3. The summed E-state index contributed by atoms with van der Waals surface area (Å²) in [5.41, 5.74) is 0.754. The molecule has 0 saturated heterocycles. The standard InChI is InChI=1S/C28H31ClF2N6O6S/c1-28(2,3)43-27(38)33-10-13-42-14-12-37(44(39)40)20-7-5-17(15-19(20)29)35-25-26-34-16-21(36(26)11-9-32-25)18-6-8-22(41-4)24(31)23(18)30/h5-9,11,15-16H,10,12-14H2,1-4H3,(H,32,35)(H,33,38)(H,39,40). The maximum absolute atomic E-state index is 14.8. The molecule has 1 atom stereocenters. The topological polar surface area (TPSA) is 140 Å². The predicted octanol–water partition coefficient (Wildman–Crippen LogP) is 5.56. The van der Waals surface area contributed by atoms with E-state index in [4.69, 9.17) is 25.8 Å². The second-order valence-corrected chi connectivity index (χ2v) is 11.5. The maximum atomic E-state index is 14.8. The molecule has 4 rings (SSSR count). The van der Waals surface area contributed by atoms with Gasteiger partial charge in [-0.25, -0.2) is 23.4 Å². The summed E-state index contributed by atoms with van der Waals surface area (Å²) >= 11 is 4.08. The summed E-state index contributed by atoms with van der Waals surface area (Å²) in [5, 5.41) is 5.81. The first-order valence-electron chi connectivity index (χ1n) is 13.2. The highest BCUT2D eigenvalue weighted by Gasteiger charge is 2.20. The molecule has 4 aromatic rings. The second-order valence-electron chi connectivity index (χ2n) is 10.2. The maximum Gasteiger partial charge on any atom is 0.407 e. The zero-order valence-corrected chi connectivity index (χ0v) is 25.8. The van der Waals surface area contributed by atoms with Crippen molar-refractivity contribution < 1.29 is 36.5 Å². The first-order valence-corrected chi connectivity index (χ1v) is 14.7. The molecule has 3 N–H and O–H groups in total. The number of hydrogen-bond donors (Lipinski definition) is 3. The molecule has 0 aliphatic heterocycles. The Labute approximate surface area is 259 Å². The molecule has 2 heterocycles. The molecule has 236 valence electrons. The van der Waals surface area contributed by atoms with Crippen LogP contribution in [-0.4, -0.2) is 68.2 Å². The lowest BCUT2D eigenvalue weighted by atomic mass is 10.1. The average molecular weight is 653 g/mol. The first kappa shape index (κ1) is 32.9. The molecule has 0 aliphatic rings. The van der Waals surface area contributed by atoms with Crippen LogP contribution in [0.25, 0.3) is 16.9 Å². The molecule has 0 aliphatic carbocycles. The van der Waals surface area contributed by atoms with E-state index in [9.17, 15) is 22.3 Å². The van der Waals surface area contributed by atoms with E-state index in [0.29, 0.717) is 22.8 Å². The predicted molar refractivity (Wildman–Crippen MR) is 163 cm³/mol. The van der Waals surface area contributed by atoms with Gasteiger partial charge in [0.25, 0.3) is 11.3 Å². The fourth-order valence-corrected chi connectivity index (χ4v) is 4.98. The van der Waals surface area contributed by atoms with Crippen LogP contribution in [0.5, 0.6) is 5.75 Å². The highest BCUT2D eigenvalue weighted by molar-refractivity contribution is 7.80. The Kier molecular flexibility index (Phi) is 10.6. The van der Waals surface area contributed by atoms with Crippen molar-refractivity contribution in [3.63, 3.8) is 0 Å². The second kappa shape index (κ2) is 14.2. The van der Waals surface area contributed by atoms with E-state index in [1.165, 1.54) is 37.7 Å². The molecule has 1 amide bonds. The van der Waals surface area contributed by atoms with E-state index in [1.807, 2.05) is 0 Å². The van der Waals surface area contributed by atoms with Gasteiger partial charge in [0, 0.05) is 30.2 Å². The smallest absolute Gasteiger partial charge is 0.407 e. The van der Waals surface area contributed by atoms with Gasteiger partial charge in [0.15, 0.2) is 23.0 Å². The van der Waals surface area contributed by atoms with Crippen molar-refractivity contribution >= 4 is 51.8 Å². The molecule has 0 fully saturated rings. The number of carbonyl (C=O) groups excluding carboxylic acids is 1. The summed E-state index contributed by atoms with van der Waals surface area (Å²) in [5.74, 6) is -2.10. The molecular weight excluding hydrogens is 622 g/mol. The lowest BCUT2D eigenvalue weighted by Crippen LogP contribution is -2.35. The van der Waals surface area contributed by atoms with E-state index in [2.05, 4.69) is 20.6 Å². The molecule has 0 saturated carbocycles. The van der Waals surface area contributed by atoms with Crippen LogP contribution in [-0.2, 0) is 20.7 Å². The highest BCUT2D eigenvalue weighted by Crippen LogP contribution is 2.33. The number of ether oxygens (including phenoxy) is 3. The molecular formula is C28H31ClF2N6O6S. The van der Waals surface area contributed by atoms with Gasteiger partial charge < -0.3 is 24.8 Å². The molecule has 1 unspecified atom stereocenters. The van der Waals surface area contributed by atoms with E-state index in [0.717, 1.165) is 4.31 Å². The largest absolute Gasteiger partial charge is 0.494 e. The normalized spacial score (nSPS) is 12.2. The first-order chi connectivity index (χ1) is 20.9. The SMILES string of the molecule is COc1ccc(-c2cnc3c(Nc4ccc(N(CCOCCNC(=O)OC(C)(C)C)S(=O)O)c(Cl)c4)nccn23)c(F)c1F.